The van der Waals surface area contributed by atoms with Crippen LogP contribution in [0, 0.1) is 0 Å². The first-order valence-corrected chi connectivity index (χ1v) is 10.9. The lowest BCUT2D eigenvalue weighted by Crippen LogP contribution is -2.19. The molecular formula is C27H30N2O4. The van der Waals surface area contributed by atoms with Crippen molar-refractivity contribution >= 4 is 22.7 Å². The van der Waals surface area contributed by atoms with Gasteiger partial charge in [0.05, 0.1) is 5.57 Å². The summed E-state index contributed by atoms with van der Waals surface area (Å²) in [6.45, 7) is 1.29. The van der Waals surface area contributed by atoms with Crippen LogP contribution in [0.2, 0.25) is 0 Å². The summed E-state index contributed by atoms with van der Waals surface area (Å²) in [4.78, 5) is 15.5. The van der Waals surface area contributed by atoms with Crippen LogP contribution in [0.15, 0.2) is 78.9 Å². The number of hydrogen-bond donors (Lipinski definition) is 3. The van der Waals surface area contributed by atoms with Gasteiger partial charge in [-0.05, 0) is 73.6 Å². The van der Waals surface area contributed by atoms with Crippen molar-refractivity contribution in [2.24, 2.45) is 0 Å². The standard InChI is InChI=1S/C27H30N2O4/c1-29(2)17-19-33-24-14-10-22(11-15-24)28-27(32)26(21-8-12-23(31)13-9-21)25(16-18-30)20-6-4-3-5-7-20/h3-15,30-31H,16-19H2,1-2H3,(H,28,32)/b26-25+. The molecule has 0 spiro atoms. The molecule has 0 aliphatic heterocycles. The van der Waals surface area contributed by atoms with Crippen LogP contribution in [0.4, 0.5) is 5.69 Å². The number of rotatable bonds is 10. The Labute approximate surface area is 194 Å². The van der Waals surface area contributed by atoms with Gasteiger partial charge in [-0.3, -0.25) is 4.79 Å². The van der Waals surface area contributed by atoms with Crippen molar-refractivity contribution in [3.8, 4) is 11.5 Å². The van der Waals surface area contributed by atoms with Crippen LogP contribution in [0.1, 0.15) is 17.5 Å². The average Bonchev–Trinajstić information content (AvgIpc) is 2.81. The summed E-state index contributed by atoms with van der Waals surface area (Å²) in [5.41, 5.74) is 3.31. The van der Waals surface area contributed by atoms with Gasteiger partial charge >= 0.3 is 0 Å². The quantitative estimate of drug-likeness (QED) is 0.320. The number of carbonyl (C=O) groups excluding carboxylic acids is 1. The number of aliphatic hydroxyl groups is 1. The fraction of sp³-hybridized carbons (Fsp3) is 0.222. The van der Waals surface area contributed by atoms with Crippen LogP contribution in [-0.4, -0.2) is 54.9 Å². The van der Waals surface area contributed by atoms with E-state index in [0.29, 0.717) is 29.9 Å². The maximum atomic E-state index is 13.5. The van der Waals surface area contributed by atoms with E-state index in [1.165, 1.54) is 0 Å². The van der Waals surface area contributed by atoms with E-state index in [-0.39, 0.29) is 18.3 Å². The van der Waals surface area contributed by atoms with Gasteiger partial charge in [0.1, 0.15) is 18.1 Å². The molecule has 6 heteroatoms. The molecule has 0 aliphatic carbocycles. The third-order valence-electron chi connectivity index (χ3n) is 5.09. The highest BCUT2D eigenvalue weighted by molar-refractivity contribution is 6.31. The van der Waals surface area contributed by atoms with Gasteiger partial charge in [0.25, 0.3) is 5.91 Å². The van der Waals surface area contributed by atoms with Crippen molar-refractivity contribution in [2.75, 3.05) is 39.2 Å². The first-order valence-electron chi connectivity index (χ1n) is 10.9. The second kappa shape index (κ2) is 11.9. The SMILES string of the molecule is CN(C)CCOc1ccc(NC(=O)/C(=C(\CCO)c2ccccc2)c2ccc(O)cc2)cc1. The number of nitrogens with one attached hydrogen (secondary N) is 1. The van der Waals surface area contributed by atoms with Gasteiger partial charge in [0.15, 0.2) is 0 Å². The summed E-state index contributed by atoms with van der Waals surface area (Å²) < 4.78 is 5.72. The van der Waals surface area contributed by atoms with Gasteiger partial charge in [0.2, 0.25) is 0 Å². The fourth-order valence-electron chi connectivity index (χ4n) is 3.41. The zero-order chi connectivity index (χ0) is 23.6. The number of hydrogen-bond acceptors (Lipinski definition) is 5. The summed E-state index contributed by atoms with van der Waals surface area (Å²) in [5.74, 6) is 0.551. The van der Waals surface area contributed by atoms with Crippen LogP contribution in [-0.2, 0) is 4.79 Å². The molecule has 3 aromatic carbocycles. The Balaban J connectivity index is 1.91. The van der Waals surface area contributed by atoms with Crippen LogP contribution in [0.25, 0.3) is 11.1 Å². The monoisotopic (exact) mass is 446 g/mol. The molecule has 0 heterocycles. The molecule has 3 aromatic rings. The summed E-state index contributed by atoms with van der Waals surface area (Å²) in [7, 11) is 3.98. The number of amides is 1. The van der Waals surface area contributed by atoms with Gasteiger partial charge in [-0.15, -0.1) is 0 Å². The molecule has 1 amide bonds. The Morgan fingerprint density at radius 3 is 2.18 bits per heavy atom. The lowest BCUT2D eigenvalue weighted by atomic mass is 9.92. The van der Waals surface area contributed by atoms with E-state index in [4.69, 9.17) is 4.74 Å². The summed E-state index contributed by atoms with van der Waals surface area (Å²) in [5, 5.41) is 22.4. The number of carbonyl (C=O) groups is 1. The summed E-state index contributed by atoms with van der Waals surface area (Å²) in [6.07, 6.45) is 0.312. The van der Waals surface area contributed by atoms with E-state index < -0.39 is 0 Å². The van der Waals surface area contributed by atoms with E-state index in [2.05, 4.69) is 5.32 Å². The number of phenols is 1. The lowest BCUT2D eigenvalue weighted by molar-refractivity contribution is -0.111. The minimum absolute atomic E-state index is 0.0991. The Morgan fingerprint density at radius 2 is 1.58 bits per heavy atom. The zero-order valence-corrected chi connectivity index (χ0v) is 19.0. The molecule has 0 bridgehead atoms. The highest BCUT2D eigenvalue weighted by Gasteiger charge is 2.19. The molecule has 6 nitrogen and oxygen atoms in total. The molecular weight excluding hydrogens is 416 g/mol. The molecule has 0 atom stereocenters. The van der Waals surface area contributed by atoms with Crippen molar-refractivity contribution in [1.29, 1.82) is 0 Å². The predicted molar refractivity (Wildman–Crippen MR) is 132 cm³/mol. The second-order valence-corrected chi connectivity index (χ2v) is 7.87. The normalized spacial score (nSPS) is 11.8. The van der Waals surface area contributed by atoms with Crippen LogP contribution in [0.3, 0.4) is 0 Å². The van der Waals surface area contributed by atoms with Crippen molar-refractivity contribution in [3.05, 3.63) is 90.0 Å². The van der Waals surface area contributed by atoms with E-state index in [1.54, 1.807) is 36.4 Å². The third-order valence-corrected chi connectivity index (χ3v) is 5.09. The van der Waals surface area contributed by atoms with Crippen molar-refractivity contribution in [2.45, 2.75) is 6.42 Å². The van der Waals surface area contributed by atoms with E-state index in [1.807, 2.05) is 61.5 Å². The zero-order valence-electron chi connectivity index (χ0n) is 19.0. The van der Waals surface area contributed by atoms with Gasteiger partial charge in [0, 0.05) is 18.8 Å². The molecule has 33 heavy (non-hydrogen) atoms. The first-order chi connectivity index (χ1) is 16.0. The minimum atomic E-state index is -0.297. The van der Waals surface area contributed by atoms with Crippen LogP contribution >= 0.6 is 0 Å². The number of phenolic OH excluding ortho intramolecular Hbond substituents is 1. The molecule has 3 N–H and O–H groups in total. The lowest BCUT2D eigenvalue weighted by Gasteiger charge is -2.17. The topological polar surface area (TPSA) is 82.0 Å². The van der Waals surface area contributed by atoms with E-state index in [9.17, 15) is 15.0 Å². The smallest absolute Gasteiger partial charge is 0.256 e. The molecule has 0 saturated heterocycles. The van der Waals surface area contributed by atoms with Gasteiger partial charge in [-0.2, -0.15) is 0 Å². The van der Waals surface area contributed by atoms with Crippen molar-refractivity contribution in [1.82, 2.24) is 4.90 Å². The third kappa shape index (κ3) is 6.94. The van der Waals surface area contributed by atoms with E-state index in [0.717, 1.165) is 23.4 Å². The van der Waals surface area contributed by atoms with Crippen LogP contribution in [0.5, 0.6) is 11.5 Å². The highest BCUT2D eigenvalue weighted by atomic mass is 16.5. The Kier molecular flexibility index (Phi) is 8.63. The average molecular weight is 447 g/mol. The predicted octanol–water partition coefficient (Wildman–Crippen LogP) is 4.26. The van der Waals surface area contributed by atoms with Gasteiger partial charge in [-0.25, -0.2) is 0 Å². The molecule has 0 saturated carbocycles. The Bertz CT molecular complexity index is 1060. The molecule has 0 aliphatic rings. The number of likely N-dealkylation sites (N-methyl/N-ethyl adjacent to an activating group) is 1. The molecule has 0 aromatic heterocycles. The number of aromatic hydroxyl groups is 1. The maximum absolute atomic E-state index is 13.5. The van der Waals surface area contributed by atoms with Gasteiger partial charge < -0.3 is 25.2 Å². The number of nitrogens with zero attached hydrogens (tertiary/aromatic N) is 1. The van der Waals surface area contributed by atoms with Crippen molar-refractivity contribution < 1.29 is 19.7 Å². The van der Waals surface area contributed by atoms with Crippen LogP contribution < -0.4 is 10.1 Å². The van der Waals surface area contributed by atoms with Gasteiger partial charge in [-0.1, -0.05) is 42.5 Å². The molecule has 172 valence electrons. The summed E-state index contributed by atoms with van der Waals surface area (Å²) >= 11 is 0. The largest absolute Gasteiger partial charge is 0.508 e. The number of aliphatic hydroxyl groups excluding tert-OH is 1. The fourth-order valence-corrected chi connectivity index (χ4v) is 3.41. The number of benzene rings is 3. The molecule has 0 radical (unpaired) electrons. The van der Waals surface area contributed by atoms with Crippen molar-refractivity contribution in [3.63, 3.8) is 0 Å². The second-order valence-electron chi connectivity index (χ2n) is 7.87. The number of ether oxygens (including phenoxy) is 1. The Morgan fingerprint density at radius 1 is 0.909 bits per heavy atom. The molecule has 3 rings (SSSR count). The highest BCUT2D eigenvalue weighted by Crippen LogP contribution is 2.31. The minimum Gasteiger partial charge on any atom is -0.508 e. The maximum Gasteiger partial charge on any atom is 0.256 e. The summed E-state index contributed by atoms with van der Waals surface area (Å²) in [6, 6.07) is 23.3. The molecule has 0 unspecified atom stereocenters. The first kappa shape index (κ1) is 24.0. The number of anilines is 1. The van der Waals surface area contributed by atoms with E-state index >= 15 is 0 Å². The molecule has 0 fully saturated rings. The Hall–Kier alpha value is -3.61.